The number of carbonyl (C=O) groups is 1. The summed E-state index contributed by atoms with van der Waals surface area (Å²) < 4.78 is 17.2. The van der Waals surface area contributed by atoms with Gasteiger partial charge in [-0.3, -0.25) is 9.59 Å². The van der Waals surface area contributed by atoms with Gasteiger partial charge < -0.3 is 13.6 Å². The number of para-hydroxylation sites is 1. The summed E-state index contributed by atoms with van der Waals surface area (Å²) in [4.78, 5) is 26.8. The van der Waals surface area contributed by atoms with Crippen LogP contribution < -0.4 is 10.2 Å². The fourth-order valence-corrected chi connectivity index (χ4v) is 3.70. The Kier molecular flexibility index (Phi) is 5.14. The normalized spacial score (nSPS) is 11.0. The van der Waals surface area contributed by atoms with Crippen molar-refractivity contribution >= 4 is 16.9 Å². The molecule has 5 heteroatoms. The van der Waals surface area contributed by atoms with Crippen molar-refractivity contribution in [1.29, 1.82) is 0 Å². The Morgan fingerprint density at radius 1 is 0.750 bits per heavy atom. The maximum Gasteiger partial charge on any atom is 0.323 e. The van der Waals surface area contributed by atoms with Gasteiger partial charge in [-0.05, 0) is 35.4 Å². The van der Waals surface area contributed by atoms with Crippen molar-refractivity contribution in [2.75, 3.05) is 0 Å². The van der Waals surface area contributed by atoms with Gasteiger partial charge in [0.1, 0.15) is 11.5 Å². The summed E-state index contributed by atoms with van der Waals surface area (Å²) in [7, 11) is 0. The monoisotopic (exact) mass is 422 g/mol. The van der Waals surface area contributed by atoms with Crippen molar-refractivity contribution in [3.63, 3.8) is 0 Å². The molecule has 5 nitrogen and oxygen atoms in total. The third-order valence-electron chi connectivity index (χ3n) is 5.21. The Morgan fingerprint density at radius 2 is 1.38 bits per heavy atom. The van der Waals surface area contributed by atoms with Crippen LogP contribution in [0, 0.1) is 0 Å². The van der Waals surface area contributed by atoms with E-state index in [0.717, 1.165) is 11.1 Å². The second-order valence-corrected chi connectivity index (χ2v) is 7.24. The topological polar surface area (TPSA) is 69.7 Å². The molecule has 5 rings (SSSR count). The highest BCUT2D eigenvalue weighted by atomic mass is 16.5. The summed E-state index contributed by atoms with van der Waals surface area (Å²) in [6, 6.07) is 28.8. The maximum absolute atomic E-state index is 13.5. The van der Waals surface area contributed by atoms with E-state index in [2.05, 4.69) is 0 Å². The Balaban J connectivity index is 1.64. The lowest BCUT2D eigenvalue weighted by atomic mass is 9.91. The number of furan rings is 1. The Hall–Kier alpha value is -4.38. The molecular weight excluding hydrogens is 404 g/mol. The van der Waals surface area contributed by atoms with Gasteiger partial charge >= 0.3 is 5.97 Å². The standard InChI is InChI=1S/C27H18O5/c28-24-20-14-7-8-15-21(20)31-25(22-16-9-17-30-22)26(24)32-27(29)23(18-10-3-1-4-11-18)19-12-5-2-6-13-19/h1-17,23H. The molecule has 0 bridgehead atoms. The first-order chi connectivity index (χ1) is 15.7. The predicted octanol–water partition coefficient (Wildman–Crippen LogP) is 5.79. The fraction of sp³-hybridized carbons (Fsp3) is 0.0370. The number of fused-ring (bicyclic) bond motifs is 1. The number of carbonyl (C=O) groups excluding carboxylic acids is 1. The maximum atomic E-state index is 13.5. The molecule has 3 aromatic carbocycles. The summed E-state index contributed by atoms with van der Waals surface area (Å²) in [5, 5.41) is 0.321. The highest BCUT2D eigenvalue weighted by molar-refractivity contribution is 5.87. The lowest BCUT2D eigenvalue weighted by Gasteiger charge is -2.17. The molecule has 0 aliphatic heterocycles. The minimum Gasteiger partial charge on any atom is -0.461 e. The van der Waals surface area contributed by atoms with Gasteiger partial charge in [0.15, 0.2) is 5.76 Å². The predicted molar refractivity (Wildman–Crippen MR) is 121 cm³/mol. The first-order valence-electron chi connectivity index (χ1n) is 10.1. The average molecular weight is 422 g/mol. The van der Waals surface area contributed by atoms with Crippen LogP contribution in [0.2, 0.25) is 0 Å². The Labute approximate surface area is 183 Å². The van der Waals surface area contributed by atoms with Crippen LogP contribution in [0.1, 0.15) is 17.0 Å². The number of hydrogen-bond donors (Lipinski definition) is 0. The van der Waals surface area contributed by atoms with Gasteiger partial charge in [-0.2, -0.15) is 0 Å². The van der Waals surface area contributed by atoms with E-state index in [4.69, 9.17) is 13.6 Å². The number of hydrogen-bond acceptors (Lipinski definition) is 5. The second kappa shape index (κ2) is 8.40. The number of rotatable bonds is 5. The quantitative estimate of drug-likeness (QED) is 0.335. The first kappa shape index (κ1) is 19.6. The molecule has 0 atom stereocenters. The van der Waals surface area contributed by atoms with Crippen LogP contribution in [0.5, 0.6) is 5.75 Å². The van der Waals surface area contributed by atoms with Crippen molar-refractivity contribution in [3.8, 4) is 17.3 Å². The van der Waals surface area contributed by atoms with E-state index in [1.165, 1.54) is 6.26 Å². The zero-order valence-corrected chi connectivity index (χ0v) is 16.9. The molecule has 2 heterocycles. The molecule has 0 radical (unpaired) electrons. The molecule has 156 valence electrons. The number of esters is 1. The largest absolute Gasteiger partial charge is 0.461 e. The average Bonchev–Trinajstić information content (AvgIpc) is 3.37. The lowest BCUT2D eigenvalue weighted by molar-refractivity contribution is -0.135. The molecule has 0 unspecified atom stereocenters. The lowest BCUT2D eigenvalue weighted by Crippen LogP contribution is -2.23. The van der Waals surface area contributed by atoms with Crippen LogP contribution in [0.25, 0.3) is 22.5 Å². The van der Waals surface area contributed by atoms with Gasteiger partial charge in [-0.25, -0.2) is 0 Å². The summed E-state index contributed by atoms with van der Waals surface area (Å²) in [6.07, 6.45) is 1.47. The smallest absolute Gasteiger partial charge is 0.323 e. The zero-order chi connectivity index (χ0) is 21.9. The van der Waals surface area contributed by atoms with Gasteiger partial charge in [0.2, 0.25) is 16.9 Å². The molecule has 32 heavy (non-hydrogen) atoms. The van der Waals surface area contributed by atoms with Gasteiger partial charge in [0.25, 0.3) is 0 Å². The molecule has 2 aromatic heterocycles. The van der Waals surface area contributed by atoms with Crippen molar-refractivity contribution < 1.29 is 18.4 Å². The molecule has 0 aliphatic rings. The molecule has 0 aliphatic carbocycles. The van der Waals surface area contributed by atoms with Gasteiger partial charge in [0, 0.05) is 0 Å². The number of ether oxygens (including phenoxy) is 1. The minimum absolute atomic E-state index is 0.0759. The van der Waals surface area contributed by atoms with Crippen molar-refractivity contribution in [3.05, 3.63) is 125 Å². The van der Waals surface area contributed by atoms with E-state index in [1.807, 2.05) is 60.7 Å². The Bertz CT molecular complexity index is 1380. The highest BCUT2D eigenvalue weighted by Crippen LogP contribution is 2.33. The fourth-order valence-electron chi connectivity index (χ4n) is 3.70. The van der Waals surface area contributed by atoms with Gasteiger partial charge in [-0.1, -0.05) is 72.8 Å². The zero-order valence-electron chi connectivity index (χ0n) is 16.9. The summed E-state index contributed by atoms with van der Waals surface area (Å²) in [5.74, 6) is -1.12. The molecular formula is C27H18O5. The van der Waals surface area contributed by atoms with Crippen LogP contribution in [0.4, 0.5) is 0 Å². The van der Waals surface area contributed by atoms with Crippen LogP contribution in [0.3, 0.4) is 0 Å². The van der Waals surface area contributed by atoms with Crippen molar-refractivity contribution in [1.82, 2.24) is 0 Å². The molecule has 0 saturated carbocycles. The third-order valence-corrected chi connectivity index (χ3v) is 5.21. The molecule has 0 amide bonds. The van der Waals surface area contributed by atoms with E-state index in [9.17, 15) is 9.59 Å². The molecule has 0 spiro atoms. The molecule has 0 fully saturated rings. The summed E-state index contributed by atoms with van der Waals surface area (Å²) in [5.41, 5.74) is 1.46. The molecule has 0 N–H and O–H groups in total. The minimum atomic E-state index is -0.715. The van der Waals surface area contributed by atoms with E-state index in [0.29, 0.717) is 16.7 Å². The van der Waals surface area contributed by atoms with E-state index >= 15 is 0 Å². The third kappa shape index (κ3) is 3.61. The summed E-state index contributed by atoms with van der Waals surface area (Å²) in [6.45, 7) is 0. The van der Waals surface area contributed by atoms with Crippen LogP contribution in [0.15, 0.2) is 117 Å². The van der Waals surface area contributed by atoms with Gasteiger partial charge in [-0.15, -0.1) is 0 Å². The van der Waals surface area contributed by atoms with Crippen LogP contribution >= 0.6 is 0 Å². The first-order valence-corrected chi connectivity index (χ1v) is 10.1. The van der Waals surface area contributed by atoms with Crippen molar-refractivity contribution in [2.24, 2.45) is 0 Å². The van der Waals surface area contributed by atoms with E-state index < -0.39 is 17.3 Å². The highest BCUT2D eigenvalue weighted by Gasteiger charge is 2.28. The molecule has 0 saturated heterocycles. The van der Waals surface area contributed by atoms with E-state index in [1.54, 1.807) is 36.4 Å². The second-order valence-electron chi connectivity index (χ2n) is 7.24. The van der Waals surface area contributed by atoms with Crippen LogP contribution in [-0.2, 0) is 4.79 Å². The van der Waals surface area contributed by atoms with E-state index in [-0.39, 0.29) is 11.5 Å². The SMILES string of the molecule is O=C(Oc1c(-c2ccco2)oc2ccccc2c1=O)C(c1ccccc1)c1ccccc1. The number of benzene rings is 3. The van der Waals surface area contributed by atoms with Crippen molar-refractivity contribution in [2.45, 2.75) is 5.92 Å². The Morgan fingerprint density at radius 3 is 2.00 bits per heavy atom. The molecule has 5 aromatic rings. The van der Waals surface area contributed by atoms with Crippen LogP contribution in [-0.4, -0.2) is 5.97 Å². The summed E-state index contributed by atoms with van der Waals surface area (Å²) >= 11 is 0. The van der Waals surface area contributed by atoms with Gasteiger partial charge in [0.05, 0.1) is 11.6 Å².